The van der Waals surface area contributed by atoms with Crippen LogP contribution in [0, 0.1) is 5.92 Å². The number of hydrogen-bond acceptors (Lipinski definition) is 4. The highest BCUT2D eigenvalue weighted by molar-refractivity contribution is 5.79. The Morgan fingerprint density at radius 1 is 1.09 bits per heavy atom. The van der Waals surface area contributed by atoms with E-state index in [0.717, 1.165) is 5.56 Å². The van der Waals surface area contributed by atoms with Crippen molar-refractivity contribution >= 4 is 11.9 Å². The summed E-state index contributed by atoms with van der Waals surface area (Å²) in [5.74, 6) is -0.963. The Bertz CT molecular complexity index is 426. The fourth-order valence-corrected chi connectivity index (χ4v) is 1.67. The molecule has 1 aromatic rings. The van der Waals surface area contributed by atoms with Crippen LogP contribution in [-0.4, -0.2) is 18.0 Å². The van der Waals surface area contributed by atoms with E-state index in [9.17, 15) is 9.59 Å². The summed E-state index contributed by atoms with van der Waals surface area (Å²) in [5, 5.41) is 0. The first-order valence-electron chi connectivity index (χ1n) is 7.94. The van der Waals surface area contributed by atoms with Gasteiger partial charge < -0.3 is 9.47 Å². The van der Waals surface area contributed by atoms with Gasteiger partial charge in [-0.15, -0.1) is 0 Å². The molecule has 1 rings (SSSR count). The molecule has 0 saturated heterocycles. The van der Waals surface area contributed by atoms with Gasteiger partial charge in [-0.3, -0.25) is 4.79 Å². The number of rotatable bonds is 7. The molecule has 22 heavy (non-hydrogen) atoms. The van der Waals surface area contributed by atoms with Crippen LogP contribution in [0.1, 0.15) is 53.0 Å². The molecule has 0 bridgehead atoms. The maximum absolute atomic E-state index is 12.0. The Kier molecular flexibility index (Phi) is 10.8. The summed E-state index contributed by atoms with van der Waals surface area (Å²) in [6.07, 6.45) is 0.176. The van der Waals surface area contributed by atoms with Crippen molar-refractivity contribution < 1.29 is 19.1 Å². The summed E-state index contributed by atoms with van der Waals surface area (Å²) in [5.41, 5.74) is 0.906. The molecule has 0 radical (unpaired) electrons. The van der Waals surface area contributed by atoms with Gasteiger partial charge >= 0.3 is 11.9 Å². The van der Waals surface area contributed by atoms with E-state index >= 15 is 0 Å². The molecule has 0 saturated carbocycles. The molecule has 0 aliphatic rings. The van der Waals surface area contributed by atoms with Crippen molar-refractivity contribution in [1.82, 2.24) is 0 Å². The molecule has 0 amide bonds. The molecule has 1 aromatic carbocycles. The molecule has 0 aromatic heterocycles. The van der Waals surface area contributed by atoms with E-state index in [4.69, 9.17) is 9.47 Å². The highest BCUT2D eigenvalue weighted by Gasteiger charge is 2.27. The molecule has 0 aliphatic carbocycles. The number of esters is 2. The van der Waals surface area contributed by atoms with Crippen LogP contribution >= 0.6 is 0 Å². The first-order chi connectivity index (χ1) is 10.5. The molecule has 1 atom stereocenters. The van der Waals surface area contributed by atoms with E-state index in [2.05, 4.69) is 0 Å². The van der Waals surface area contributed by atoms with Crippen molar-refractivity contribution in [2.45, 2.75) is 60.2 Å². The third kappa shape index (κ3) is 7.81. The van der Waals surface area contributed by atoms with Gasteiger partial charge in [0.25, 0.3) is 0 Å². The van der Waals surface area contributed by atoms with Gasteiger partial charge in [0, 0.05) is 12.3 Å². The Morgan fingerprint density at radius 2 is 1.68 bits per heavy atom. The molecule has 4 nitrogen and oxygen atoms in total. The second-order valence-corrected chi connectivity index (χ2v) is 5.00. The van der Waals surface area contributed by atoms with Crippen molar-refractivity contribution in [3.05, 3.63) is 35.9 Å². The highest BCUT2D eigenvalue weighted by atomic mass is 16.6. The van der Waals surface area contributed by atoms with Crippen LogP contribution in [0.15, 0.2) is 30.3 Å². The zero-order valence-electron chi connectivity index (χ0n) is 14.3. The van der Waals surface area contributed by atoms with Crippen molar-refractivity contribution in [2.24, 2.45) is 5.92 Å². The van der Waals surface area contributed by atoms with Gasteiger partial charge in [-0.1, -0.05) is 65.0 Å². The second kappa shape index (κ2) is 11.8. The SMILES string of the molecule is CC.CCCC(=O)OC(C(=O)OCc1ccccc1)C(C)C. The zero-order chi connectivity index (χ0) is 17.0. The Hall–Kier alpha value is -1.84. The van der Waals surface area contributed by atoms with Crippen molar-refractivity contribution in [3.63, 3.8) is 0 Å². The van der Waals surface area contributed by atoms with Crippen LogP contribution in [0.2, 0.25) is 0 Å². The molecule has 0 heterocycles. The third-order valence-corrected chi connectivity index (χ3v) is 2.77. The third-order valence-electron chi connectivity index (χ3n) is 2.77. The van der Waals surface area contributed by atoms with Crippen LogP contribution < -0.4 is 0 Å². The largest absolute Gasteiger partial charge is 0.458 e. The molecule has 4 heteroatoms. The van der Waals surface area contributed by atoms with Gasteiger partial charge in [-0.25, -0.2) is 4.79 Å². The van der Waals surface area contributed by atoms with Gasteiger partial charge in [0.05, 0.1) is 0 Å². The van der Waals surface area contributed by atoms with Crippen LogP contribution in [0.5, 0.6) is 0 Å². The summed E-state index contributed by atoms with van der Waals surface area (Å²) in [7, 11) is 0. The summed E-state index contributed by atoms with van der Waals surface area (Å²) in [4.78, 5) is 23.5. The fourth-order valence-electron chi connectivity index (χ4n) is 1.67. The van der Waals surface area contributed by atoms with E-state index < -0.39 is 12.1 Å². The number of hydrogen-bond donors (Lipinski definition) is 0. The maximum atomic E-state index is 12.0. The molecule has 124 valence electrons. The van der Waals surface area contributed by atoms with E-state index in [1.165, 1.54) is 0 Å². The molecule has 0 fully saturated rings. The Balaban J connectivity index is 0.00000211. The summed E-state index contributed by atoms with van der Waals surface area (Å²) in [6.45, 7) is 9.73. The second-order valence-electron chi connectivity index (χ2n) is 5.00. The number of ether oxygens (including phenoxy) is 2. The molecular weight excluding hydrogens is 280 g/mol. The van der Waals surface area contributed by atoms with E-state index in [1.807, 2.05) is 65.0 Å². The lowest BCUT2D eigenvalue weighted by Crippen LogP contribution is -2.33. The van der Waals surface area contributed by atoms with Crippen LogP contribution in [-0.2, 0) is 25.7 Å². The normalized spacial score (nSPS) is 11.2. The average Bonchev–Trinajstić information content (AvgIpc) is 2.53. The predicted molar refractivity (Wildman–Crippen MR) is 87.2 cm³/mol. The molecular formula is C18H28O4. The summed E-state index contributed by atoms with van der Waals surface area (Å²) in [6, 6.07) is 9.41. The first-order valence-corrected chi connectivity index (χ1v) is 7.94. The topological polar surface area (TPSA) is 52.6 Å². The Morgan fingerprint density at radius 3 is 2.18 bits per heavy atom. The minimum absolute atomic E-state index is 0.112. The van der Waals surface area contributed by atoms with Crippen molar-refractivity contribution in [3.8, 4) is 0 Å². The van der Waals surface area contributed by atoms with Crippen LogP contribution in [0.3, 0.4) is 0 Å². The van der Waals surface area contributed by atoms with Gasteiger partial charge in [-0.05, 0) is 12.0 Å². The van der Waals surface area contributed by atoms with Crippen molar-refractivity contribution in [1.29, 1.82) is 0 Å². The van der Waals surface area contributed by atoms with Gasteiger partial charge in [-0.2, -0.15) is 0 Å². The average molecular weight is 308 g/mol. The van der Waals surface area contributed by atoms with Crippen LogP contribution in [0.4, 0.5) is 0 Å². The smallest absolute Gasteiger partial charge is 0.348 e. The molecule has 0 aliphatic heterocycles. The fraction of sp³-hybridized carbons (Fsp3) is 0.556. The lowest BCUT2D eigenvalue weighted by molar-refractivity contribution is -0.172. The van der Waals surface area contributed by atoms with Crippen LogP contribution in [0.25, 0.3) is 0 Å². The number of benzene rings is 1. The molecule has 1 unspecified atom stereocenters. The maximum Gasteiger partial charge on any atom is 0.348 e. The number of carbonyl (C=O) groups is 2. The van der Waals surface area contributed by atoms with Gasteiger partial charge in [0.1, 0.15) is 6.61 Å². The minimum Gasteiger partial charge on any atom is -0.458 e. The Labute approximate surface area is 133 Å². The van der Waals surface area contributed by atoms with E-state index in [0.29, 0.717) is 12.8 Å². The molecule has 0 N–H and O–H groups in total. The van der Waals surface area contributed by atoms with Gasteiger partial charge in [0.2, 0.25) is 6.10 Å². The number of carbonyl (C=O) groups excluding carboxylic acids is 2. The van der Waals surface area contributed by atoms with E-state index in [-0.39, 0.29) is 18.5 Å². The van der Waals surface area contributed by atoms with Crippen molar-refractivity contribution in [2.75, 3.05) is 0 Å². The lowest BCUT2D eigenvalue weighted by atomic mass is 10.1. The summed E-state index contributed by atoms with van der Waals surface area (Å²) >= 11 is 0. The predicted octanol–water partition coefficient (Wildman–Crippen LogP) is 4.12. The monoisotopic (exact) mass is 308 g/mol. The van der Waals surface area contributed by atoms with Gasteiger partial charge in [0.15, 0.2) is 0 Å². The highest BCUT2D eigenvalue weighted by Crippen LogP contribution is 2.12. The molecule has 0 spiro atoms. The standard InChI is InChI=1S/C16H22O4.C2H6/c1-4-8-14(17)20-15(12(2)3)16(18)19-11-13-9-6-5-7-10-13;1-2/h5-7,9-10,12,15H,4,8,11H2,1-3H3;1-2H3. The minimum atomic E-state index is -0.835. The quantitative estimate of drug-likeness (QED) is 0.711. The summed E-state index contributed by atoms with van der Waals surface area (Å²) < 4.78 is 10.4. The first kappa shape index (κ1) is 20.2. The zero-order valence-corrected chi connectivity index (χ0v) is 14.3. The van der Waals surface area contributed by atoms with E-state index in [1.54, 1.807) is 0 Å². The lowest BCUT2D eigenvalue weighted by Gasteiger charge is -2.19.